The van der Waals surface area contributed by atoms with Gasteiger partial charge in [0.2, 0.25) is 0 Å². The molecule has 0 saturated heterocycles. The minimum Gasteiger partial charge on any atom is -0.321 e. The number of aromatic nitrogens is 1. The Bertz CT molecular complexity index is 830. The standard InChI is InChI=1S/C17H13BrN2O/c1-11-8-9-14-15(19-11)6-3-7-16(14)20-17(21)12-4-2-5-13(18)10-12/h2-10H,1H3,(H,20,21). The summed E-state index contributed by atoms with van der Waals surface area (Å²) in [7, 11) is 0. The Morgan fingerprint density at radius 2 is 1.90 bits per heavy atom. The van der Waals surface area contributed by atoms with E-state index in [-0.39, 0.29) is 5.91 Å². The Labute approximate surface area is 131 Å². The fraction of sp³-hybridized carbons (Fsp3) is 0.0588. The molecule has 0 aliphatic carbocycles. The van der Waals surface area contributed by atoms with Crippen molar-refractivity contribution >= 4 is 38.4 Å². The van der Waals surface area contributed by atoms with Crippen molar-refractivity contribution in [2.45, 2.75) is 6.92 Å². The molecule has 0 aliphatic rings. The Balaban J connectivity index is 1.96. The Morgan fingerprint density at radius 3 is 2.71 bits per heavy atom. The predicted octanol–water partition coefficient (Wildman–Crippen LogP) is 4.56. The molecule has 1 amide bonds. The molecule has 3 nitrogen and oxygen atoms in total. The van der Waals surface area contributed by atoms with Gasteiger partial charge in [0.05, 0.1) is 11.2 Å². The molecular weight excluding hydrogens is 328 g/mol. The van der Waals surface area contributed by atoms with Gasteiger partial charge in [0.25, 0.3) is 5.91 Å². The Kier molecular flexibility index (Phi) is 3.71. The first-order chi connectivity index (χ1) is 10.1. The third kappa shape index (κ3) is 2.95. The van der Waals surface area contributed by atoms with Crippen molar-refractivity contribution in [3.63, 3.8) is 0 Å². The molecule has 0 spiro atoms. The quantitative estimate of drug-likeness (QED) is 0.743. The van der Waals surface area contributed by atoms with Crippen LogP contribution < -0.4 is 5.32 Å². The third-order valence-corrected chi connectivity index (χ3v) is 3.70. The van der Waals surface area contributed by atoms with Crippen molar-refractivity contribution in [1.82, 2.24) is 4.98 Å². The highest BCUT2D eigenvalue weighted by Crippen LogP contribution is 2.23. The van der Waals surface area contributed by atoms with Gasteiger partial charge in [-0.2, -0.15) is 0 Å². The van der Waals surface area contributed by atoms with Crippen LogP contribution in [-0.4, -0.2) is 10.9 Å². The van der Waals surface area contributed by atoms with E-state index in [4.69, 9.17) is 0 Å². The third-order valence-electron chi connectivity index (χ3n) is 3.21. The maximum Gasteiger partial charge on any atom is 0.255 e. The molecule has 0 fully saturated rings. The lowest BCUT2D eigenvalue weighted by molar-refractivity contribution is 0.102. The van der Waals surface area contributed by atoms with E-state index in [1.807, 2.05) is 49.4 Å². The summed E-state index contributed by atoms with van der Waals surface area (Å²) in [6.07, 6.45) is 0. The van der Waals surface area contributed by atoms with Crippen molar-refractivity contribution in [3.05, 3.63) is 70.3 Å². The second kappa shape index (κ2) is 5.66. The SMILES string of the molecule is Cc1ccc2c(NC(=O)c3cccc(Br)c3)cccc2n1. The van der Waals surface area contributed by atoms with Crippen LogP contribution in [-0.2, 0) is 0 Å². The van der Waals surface area contributed by atoms with Crippen LogP contribution in [0.3, 0.4) is 0 Å². The molecule has 1 N–H and O–H groups in total. The van der Waals surface area contributed by atoms with Crippen LogP contribution in [0.15, 0.2) is 59.1 Å². The summed E-state index contributed by atoms with van der Waals surface area (Å²) in [6, 6.07) is 17.0. The molecule has 21 heavy (non-hydrogen) atoms. The summed E-state index contributed by atoms with van der Waals surface area (Å²) in [6.45, 7) is 1.95. The summed E-state index contributed by atoms with van der Waals surface area (Å²) in [5.41, 5.74) is 3.21. The van der Waals surface area contributed by atoms with Gasteiger partial charge in [0.15, 0.2) is 0 Å². The molecule has 0 unspecified atom stereocenters. The number of carbonyl (C=O) groups excluding carboxylic acids is 1. The minimum absolute atomic E-state index is 0.135. The highest BCUT2D eigenvalue weighted by atomic mass is 79.9. The van der Waals surface area contributed by atoms with Crippen molar-refractivity contribution in [2.24, 2.45) is 0 Å². The smallest absolute Gasteiger partial charge is 0.255 e. The molecule has 4 heteroatoms. The van der Waals surface area contributed by atoms with Crippen molar-refractivity contribution in [2.75, 3.05) is 5.32 Å². The molecule has 0 saturated carbocycles. The summed E-state index contributed by atoms with van der Waals surface area (Å²) >= 11 is 3.37. The number of nitrogens with one attached hydrogen (secondary N) is 1. The molecule has 1 heterocycles. The number of halogens is 1. The van der Waals surface area contributed by atoms with Crippen LogP contribution >= 0.6 is 15.9 Å². The number of nitrogens with zero attached hydrogens (tertiary/aromatic N) is 1. The largest absolute Gasteiger partial charge is 0.321 e. The summed E-state index contributed by atoms with van der Waals surface area (Å²) < 4.78 is 0.880. The minimum atomic E-state index is -0.135. The molecule has 2 aromatic carbocycles. The zero-order valence-electron chi connectivity index (χ0n) is 11.4. The van der Waals surface area contributed by atoms with Crippen LogP contribution in [0, 0.1) is 6.92 Å². The normalized spacial score (nSPS) is 10.6. The maximum absolute atomic E-state index is 12.3. The summed E-state index contributed by atoms with van der Waals surface area (Å²) in [5, 5.41) is 3.88. The molecule has 104 valence electrons. The van der Waals surface area contributed by atoms with E-state index in [9.17, 15) is 4.79 Å². The molecule has 3 rings (SSSR count). The zero-order chi connectivity index (χ0) is 14.8. The molecule has 1 aromatic heterocycles. The fourth-order valence-corrected chi connectivity index (χ4v) is 2.59. The van der Waals surface area contributed by atoms with Gasteiger partial charge in [-0.1, -0.05) is 28.1 Å². The maximum atomic E-state index is 12.3. The lowest BCUT2D eigenvalue weighted by Crippen LogP contribution is -2.12. The van der Waals surface area contributed by atoms with Gasteiger partial charge >= 0.3 is 0 Å². The number of carbonyl (C=O) groups is 1. The molecule has 3 aromatic rings. The zero-order valence-corrected chi connectivity index (χ0v) is 13.0. The fourth-order valence-electron chi connectivity index (χ4n) is 2.19. The number of aryl methyl sites for hydroxylation is 1. The van der Waals surface area contributed by atoms with Crippen LogP contribution in [0.5, 0.6) is 0 Å². The summed E-state index contributed by atoms with van der Waals surface area (Å²) in [4.78, 5) is 16.8. The average molecular weight is 341 g/mol. The number of fused-ring (bicyclic) bond motifs is 1. The van der Waals surface area contributed by atoms with E-state index in [2.05, 4.69) is 26.2 Å². The van der Waals surface area contributed by atoms with E-state index in [1.54, 1.807) is 12.1 Å². The molecule has 0 radical (unpaired) electrons. The van der Waals surface area contributed by atoms with E-state index in [0.29, 0.717) is 5.56 Å². The van der Waals surface area contributed by atoms with E-state index in [1.165, 1.54) is 0 Å². The van der Waals surface area contributed by atoms with Crippen LogP contribution in [0.2, 0.25) is 0 Å². The van der Waals surface area contributed by atoms with E-state index >= 15 is 0 Å². The first kappa shape index (κ1) is 13.8. The number of pyridine rings is 1. The van der Waals surface area contributed by atoms with Gasteiger partial charge in [0, 0.05) is 21.1 Å². The molecule has 0 bridgehead atoms. The topological polar surface area (TPSA) is 42.0 Å². The van der Waals surface area contributed by atoms with Gasteiger partial charge < -0.3 is 5.32 Å². The summed E-state index contributed by atoms with van der Waals surface area (Å²) in [5.74, 6) is -0.135. The first-order valence-corrected chi connectivity index (χ1v) is 7.36. The lowest BCUT2D eigenvalue weighted by atomic mass is 10.1. The second-order valence-electron chi connectivity index (χ2n) is 4.79. The van der Waals surface area contributed by atoms with Crippen LogP contribution in [0.4, 0.5) is 5.69 Å². The molecular formula is C17H13BrN2O. The number of anilines is 1. The number of amides is 1. The van der Waals surface area contributed by atoms with Crippen LogP contribution in [0.1, 0.15) is 16.1 Å². The highest BCUT2D eigenvalue weighted by Gasteiger charge is 2.09. The van der Waals surface area contributed by atoms with E-state index in [0.717, 1.165) is 26.8 Å². The van der Waals surface area contributed by atoms with Gasteiger partial charge in [-0.3, -0.25) is 9.78 Å². The van der Waals surface area contributed by atoms with Gasteiger partial charge in [-0.15, -0.1) is 0 Å². The Hall–Kier alpha value is -2.20. The molecule has 0 aliphatic heterocycles. The highest BCUT2D eigenvalue weighted by molar-refractivity contribution is 9.10. The van der Waals surface area contributed by atoms with E-state index < -0.39 is 0 Å². The van der Waals surface area contributed by atoms with Gasteiger partial charge in [0.1, 0.15) is 0 Å². The number of rotatable bonds is 2. The van der Waals surface area contributed by atoms with Crippen LogP contribution in [0.25, 0.3) is 10.9 Å². The van der Waals surface area contributed by atoms with Crippen molar-refractivity contribution in [3.8, 4) is 0 Å². The first-order valence-electron chi connectivity index (χ1n) is 6.57. The predicted molar refractivity (Wildman–Crippen MR) is 88.6 cm³/mol. The number of hydrogen-bond donors (Lipinski definition) is 1. The number of hydrogen-bond acceptors (Lipinski definition) is 2. The van der Waals surface area contributed by atoms with Crippen molar-refractivity contribution in [1.29, 1.82) is 0 Å². The lowest BCUT2D eigenvalue weighted by Gasteiger charge is -2.09. The second-order valence-corrected chi connectivity index (χ2v) is 5.71. The molecule has 0 atom stereocenters. The monoisotopic (exact) mass is 340 g/mol. The van der Waals surface area contributed by atoms with Crippen molar-refractivity contribution < 1.29 is 4.79 Å². The van der Waals surface area contributed by atoms with Gasteiger partial charge in [-0.25, -0.2) is 0 Å². The number of benzene rings is 2. The Morgan fingerprint density at radius 1 is 1.10 bits per heavy atom. The van der Waals surface area contributed by atoms with Gasteiger partial charge in [-0.05, 0) is 49.4 Å². The average Bonchev–Trinajstić information content (AvgIpc) is 2.47.